The summed E-state index contributed by atoms with van der Waals surface area (Å²) in [5, 5.41) is 4.09. The maximum atomic E-state index is 6.10. The highest BCUT2D eigenvalue weighted by Gasteiger charge is 2.21. The smallest absolute Gasteiger partial charge is 0.0540 e. The molecule has 74 valence electrons. The van der Waals surface area contributed by atoms with Gasteiger partial charge >= 0.3 is 0 Å². The SMILES string of the molecule is COCCC(C)(N)c1cnn(C)c1. The highest BCUT2D eigenvalue weighted by molar-refractivity contribution is 5.15. The Balaban J connectivity index is 2.68. The van der Waals surface area contributed by atoms with Gasteiger partial charge in [-0.15, -0.1) is 0 Å². The van der Waals surface area contributed by atoms with E-state index in [9.17, 15) is 0 Å². The van der Waals surface area contributed by atoms with E-state index >= 15 is 0 Å². The molecular formula is C9H17N3O. The lowest BCUT2D eigenvalue weighted by atomic mass is 9.93. The Kier molecular flexibility index (Phi) is 3.06. The van der Waals surface area contributed by atoms with E-state index in [1.807, 2.05) is 20.2 Å². The molecule has 1 aromatic rings. The third-order valence-electron chi connectivity index (χ3n) is 2.19. The van der Waals surface area contributed by atoms with E-state index in [-0.39, 0.29) is 5.54 Å². The number of aryl methyl sites for hydroxylation is 1. The van der Waals surface area contributed by atoms with E-state index in [2.05, 4.69) is 5.10 Å². The molecule has 1 rings (SSSR count). The second-order valence-corrected chi connectivity index (χ2v) is 3.56. The van der Waals surface area contributed by atoms with Crippen LogP contribution in [0.2, 0.25) is 0 Å². The van der Waals surface area contributed by atoms with Gasteiger partial charge in [-0.25, -0.2) is 0 Å². The second-order valence-electron chi connectivity index (χ2n) is 3.56. The van der Waals surface area contributed by atoms with E-state index in [1.165, 1.54) is 0 Å². The molecule has 0 aromatic carbocycles. The maximum absolute atomic E-state index is 6.10. The molecule has 0 saturated heterocycles. The number of aromatic nitrogens is 2. The summed E-state index contributed by atoms with van der Waals surface area (Å²) in [7, 11) is 3.56. The molecular weight excluding hydrogens is 166 g/mol. The van der Waals surface area contributed by atoms with Crippen LogP contribution in [-0.2, 0) is 17.3 Å². The molecule has 0 bridgehead atoms. The summed E-state index contributed by atoms with van der Waals surface area (Å²) in [5.41, 5.74) is 6.81. The number of nitrogens with two attached hydrogens (primary N) is 1. The zero-order chi connectivity index (χ0) is 9.90. The summed E-state index contributed by atoms with van der Waals surface area (Å²) in [5.74, 6) is 0. The molecule has 0 aliphatic carbocycles. The number of ether oxygens (including phenoxy) is 1. The van der Waals surface area contributed by atoms with Crippen LogP contribution in [-0.4, -0.2) is 23.5 Å². The molecule has 0 saturated carbocycles. The molecule has 1 atom stereocenters. The Morgan fingerprint density at radius 2 is 2.38 bits per heavy atom. The lowest BCUT2D eigenvalue weighted by Gasteiger charge is -2.22. The predicted octanol–water partition coefficient (Wildman–Crippen LogP) is 0.630. The average molecular weight is 183 g/mol. The topological polar surface area (TPSA) is 53.1 Å². The fraction of sp³-hybridized carbons (Fsp3) is 0.667. The van der Waals surface area contributed by atoms with Crippen molar-refractivity contribution in [1.82, 2.24) is 9.78 Å². The zero-order valence-electron chi connectivity index (χ0n) is 8.45. The van der Waals surface area contributed by atoms with Crippen molar-refractivity contribution in [2.45, 2.75) is 18.9 Å². The summed E-state index contributed by atoms with van der Waals surface area (Å²) in [4.78, 5) is 0. The molecule has 1 aromatic heterocycles. The Bertz CT molecular complexity index is 268. The van der Waals surface area contributed by atoms with Gasteiger partial charge in [0.15, 0.2) is 0 Å². The molecule has 4 nitrogen and oxygen atoms in total. The van der Waals surface area contributed by atoms with E-state index in [4.69, 9.17) is 10.5 Å². The predicted molar refractivity (Wildman–Crippen MR) is 51.2 cm³/mol. The highest BCUT2D eigenvalue weighted by Crippen LogP contribution is 2.20. The largest absolute Gasteiger partial charge is 0.385 e. The normalized spacial score (nSPS) is 15.7. The summed E-state index contributed by atoms with van der Waals surface area (Å²) in [6, 6.07) is 0. The summed E-state index contributed by atoms with van der Waals surface area (Å²) < 4.78 is 6.76. The van der Waals surface area contributed by atoms with Crippen molar-refractivity contribution in [3.8, 4) is 0 Å². The Morgan fingerprint density at radius 3 is 2.85 bits per heavy atom. The molecule has 1 heterocycles. The summed E-state index contributed by atoms with van der Waals surface area (Å²) in [6.07, 6.45) is 4.54. The van der Waals surface area contributed by atoms with Crippen LogP contribution < -0.4 is 5.73 Å². The highest BCUT2D eigenvalue weighted by atomic mass is 16.5. The first-order chi connectivity index (χ1) is 6.06. The average Bonchev–Trinajstić information content (AvgIpc) is 2.49. The Hall–Kier alpha value is -0.870. The summed E-state index contributed by atoms with van der Waals surface area (Å²) >= 11 is 0. The van der Waals surface area contributed by atoms with Gasteiger partial charge in [0.2, 0.25) is 0 Å². The van der Waals surface area contributed by atoms with Crippen molar-refractivity contribution >= 4 is 0 Å². The maximum Gasteiger partial charge on any atom is 0.0540 e. The third-order valence-corrected chi connectivity index (χ3v) is 2.19. The van der Waals surface area contributed by atoms with E-state index in [0.717, 1.165) is 12.0 Å². The van der Waals surface area contributed by atoms with Gasteiger partial charge in [-0.1, -0.05) is 0 Å². The zero-order valence-corrected chi connectivity index (χ0v) is 8.45. The van der Waals surface area contributed by atoms with E-state index in [0.29, 0.717) is 6.61 Å². The first-order valence-corrected chi connectivity index (χ1v) is 4.33. The standard InChI is InChI=1S/C9H17N3O/c1-9(10,4-5-13-3)8-6-11-12(2)7-8/h6-7H,4-5,10H2,1-3H3. The van der Waals surface area contributed by atoms with Crippen LogP contribution >= 0.6 is 0 Å². The van der Waals surface area contributed by atoms with Crippen molar-refractivity contribution in [3.05, 3.63) is 18.0 Å². The molecule has 0 amide bonds. The quantitative estimate of drug-likeness (QED) is 0.745. The van der Waals surface area contributed by atoms with Gasteiger partial charge in [0.05, 0.1) is 6.20 Å². The van der Waals surface area contributed by atoms with Crippen LogP contribution in [0.4, 0.5) is 0 Å². The van der Waals surface area contributed by atoms with Crippen LogP contribution in [0, 0.1) is 0 Å². The van der Waals surface area contributed by atoms with E-state index in [1.54, 1.807) is 18.0 Å². The number of nitrogens with zero attached hydrogens (tertiary/aromatic N) is 2. The molecule has 2 N–H and O–H groups in total. The van der Waals surface area contributed by atoms with Crippen molar-refractivity contribution < 1.29 is 4.74 Å². The summed E-state index contributed by atoms with van der Waals surface area (Å²) in [6.45, 7) is 2.66. The van der Waals surface area contributed by atoms with Crippen molar-refractivity contribution in [3.63, 3.8) is 0 Å². The number of methoxy groups -OCH3 is 1. The molecule has 0 spiro atoms. The minimum atomic E-state index is -0.343. The number of rotatable bonds is 4. The Labute approximate surface area is 78.7 Å². The van der Waals surface area contributed by atoms with Gasteiger partial charge in [-0.05, 0) is 13.3 Å². The van der Waals surface area contributed by atoms with Crippen LogP contribution in [0.15, 0.2) is 12.4 Å². The van der Waals surface area contributed by atoms with Crippen LogP contribution in [0.3, 0.4) is 0 Å². The minimum Gasteiger partial charge on any atom is -0.385 e. The molecule has 0 fully saturated rings. The fourth-order valence-electron chi connectivity index (χ4n) is 1.17. The van der Waals surface area contributed by atoms with Crippen LogP contribution in [0.25, 0.3) is 0 Å². The third kappa shape index (κ3) is 2.54. The first-order valence-electron chi connectivity index (χ1n) is 4.33. The van der Waals surface area contributed by atoms with E-state index < -0.39 is 0 Å². The molecule has 13 heavy (non-hydrogen) atoms. The van der Waals surface area contributed by atoms with Crippen LogP contribution in [0.1, 0.15) is 18.9 Å². The monoisotopic (exact) mass is 183 g/mol. The van der Waals surface area contributed by atoms with Gasteiger partial charge in [0.25, 0.3) is 0 Å². The first kappa shape index (κ1) is 10.2. The van der Waals surface area contributed by atoms with Crippen molar-refractivity contribution in [1.29, 1.82) is 0 Å². The van der Waals surface area contributed by atoms with Gasteiger partial charge in [0, 0.05) is 38.1 Å². The molecule has 0 aliphatic rings. The number of hydrogen-bond acceptors (Lipinski definition) is 3. The molecule has 1 unspecified atom stereocenters. The Morgan fingerprint density at radius 1 is 1.69 bits per heavy atom. The molecule has 0 aliphatic heterocycles. The molecule has 4 heteroatoms. The lowest BCUT2D eigenvalue weighted by Crippen LogP contribution is -2.33. The van der Waals surface area contributed by atoms with Gasteiger partial charge < -0.3 is 10.5 Å². The van der Waals surface area contributed by atoms with Gasteiger partial charge in [-0.3, -0.25) is 4.68 Å². The lowest BCUT2D eigenvalue weighted by molar-refractivity contribution is 0.172. The molecule has 0 radical (unpaired) electrons. The van der Waals surface area contributed by atoms with Gasteiger partial charge in [-0.2, -0.15) is 5.10 Å². The second kappa shape index (κ2) is 3.89. The van der Waals surface area contributed by atoms with Crippen LogP contribution in [0.5, 0.6) is 0 Å². The number of hydrogen-bond donors (Lipinski definition) is 1. The van der Waals surface area contributed by atoms with Crippen molar-refractivity contribution in [2.24, 2.45) is 12.8 Å². The van der Waals surface area contributed by atoms with Crippen molar-refractivity contribution in [2.75, 3.05) is 13.7 Å². The fourth-order valence-corrected chi connectivity index (χ4v) is 1.17. The minimum absolute atomic E-state index is 0.343. The van der Waals surface area contributed by atoms with Gasteiger partial charge in [0.1, 0.15) is 0 Å².